The Morgan fingerprint density at radius 2 is 1.80 bits per heavy atom. The topological polar surface area (TPSA) is 63.3 Å². The van der Waals surface area contributed by atoms with Gasteiger partial charge in [0.1, 0.15) is 0 Å². The number of hydrogen-bond donors (Lipinski definition) is 2. The van der Waals surface area contributed by atoms with Gasteiger partial charge in [0.2, 0.25) is 5.91 Å². The molecule has 25 heavy (non-hydrogen) atoms. The van der Waals surface area contributed by atoms with Crippen LogP contribution in [-0.4, -0.2) is 16.6 Å². The molecular weight excluding hydrogens is 310 g/mol. The zero-order valence-electron chi connectivity index (χ0n) is 16.4. The minimum Gasteiger partial charge on any atom is -0.390 e. The van der Waals surface area contributed by atoms with Crippen LogP contribution in [-0.2, 0) is 4.79 Å². The van der Waals surface area contributed by atoms with E-state index in [0.717, 1.165) is 31.1 Å². The molecule has 142 valence electrons. The Morgan fingerprint density at radius 3 is 2.48 bits per heavy atom. The van der Waals surface area contributed by atoms with Crippen LogP contribution in [0.15, 0.2) is 0 Å². The lowest BCUT2D eigenvalue weighted by atomic mass is 9.43. The van der Waals surface area contributed by atoms with Crippen molar-refractivity contribution in [2.24, 2.45) is 46.2 Å². The summed E-state index contributed by atoms with van der Waals surface area (Å²) in [5.74, 6) is 3.01. The molecule has 0 unspecified atom stereocenters. The van der Waals surface area contributed by atoms with Crippen molar-refractivity contribution in [2.45, 2.75) is 90.6 Å². The van der Waals surface area contributed by atoms with Gasteiger partial charge >= 0.3 is 0 Å². The van der Waals surface area contributed by atoms with E-state index in [1.165, 1.54) is 44.9 Å². The van der Waals surface area contributed by atoms with E-state index in [-0.39, 0.29) is 17.2 Å². The number of nitrogens with two attached hydrogens (primary N) is 1. The summed E-state index contributed by atoms with van der Waals surface area (Å²) in [7, 11) is 0. The fraction of sp³-hybridized carbons (Fsp3) is 0.955. The number of aliphatic hydroxyl groups is 1. The summed E-state index contributed by atoms with van der Waals surface area (Å²) in [6.45, 7) is 6.81. The van der Waals surface area contributed by atoms with E-state index in [1.54, 1.807) is 0 Å². The Balaban J connectivity index is 1.64. The number of hydrogen-bond acceptors (Lipinski definition) is 2. The summed E-state index contributed by atoms with van der Waals surface area (Å²) in [5.41, 5.74) is 5.91. The summed E-state index contributed by atoms with van der Waals surface area (Å²) in [6.07, 6.45) is 11.7. The largest absolute Gasteiger partial charge is 0.390 e. The number of amides is 1. The standard InChI is InChI=1S/C22H37NO2/c1-4-22-12-11-20(2,25)13-14(22)5-6-15-16-7-8-18(19(23)24)21(16,3)10-9-17(15)22/h14-18,25H,4-13H2,1-3H3,(H2,23,24)/t14-,15+,16+,17+,18-,20-,21+,22+/m1/s1. The fourth-order valence-electron chi connectivity index (χ4n) is 8.41. The van der Waals surface area contributed by atoms with Crippen molar-refractivity contribution in [3.05, 3.63) is 0 Å². The van der Waals surface area contributed by atoms with Crippen molar-refractivity contribution in [1.82, 2.24) is 0 Å². The minimum atomic E-state index is -0.455. The molecule has 0 radical (unpaired) electrons. The Labute approximate surface area is 153 Å². The fourth-order valence-corrected chi connectivity index (χ4v) is 8.41. The van der Waals surface area contributed by atoms with Crippen molar-refractivity contribution in [1.29, 1.82) is 0 Å². The Morgan fingerprint density at radius 1 is 1.04 bits per heavy atom. The van der Waals surface area contributed by atoms with Crippen molar-refractivity contribution in [3.8, 4) is 0 Å². The molecule has 3 N–H and O–H groups in total. The third-order valence-electron chi connectivity index (χ3n) is 9.65. The molecule has 0 aromatic heterocycles. The van der Waals surface area contributed by atoms with E-state index in [9.17, 15) is 9.90 Å². The molecule has 0 aliphatic heterocycles. The number of fused-ring (bicyclic) bond motifs is 5. The van der Waals surface area contributed by atoms with Crippen LogP contribution in [0.3, 0.4) is 0 Å². The van der Waals surface area contributed by atoms with Gasteiger partial charge in [0, 0.05) is 5.92 Å². The summed E-state index contributed by atoms with van der Waals surface area (Å²) in [5, 5.41) is 10.7. The van der Waals surface area contributed by atoms with Gasteiger partial charge in [-0.3, -0.25) is 4.79 Å². The van der Waals surface area contributed by atoms with Crippen LogP contribution in [0.5, 0.6) is 0 Å². The molecule has 3 heteroatoms. The third kappa shape index (κ3) is 2.44. The van der Waals surface area contributed by atoms with Crippen molar-refractivity contribution in [2.75, 3.05) is 0 Å². The van der Waals surface area contributed by atoms with Crippen LogP contribution >= 0.6 is 0 Å². The van der Waals surface area contributed by atoms with Crippen LogP contribution in [0, 0.1) is 40.4 Å². The molecule has 3 nitrogen and oxygen atoms in total. The molecule has 0 heterocycles. The molecule has 4 rings (SSSR count). The normalized spacial score (nSPS) is 55.1. The first-order chi connectivity index (χ1) is 11.7. The maximum Gasteiger partial charge on any atom is 0.221 e. The van der Waals surface area contributed by atoms with E-state index in [1.807, 2.05) is 6.92 Å². The minimum absolute atomic E-state index is 0.0592. The Bertz CT molecular complexity index is 558. The second kappa shape index (κ2) is 5.71. The lowest BCUT2D eigenvalue weighted by molar-refractivity contribution is -0.158. The summed E-state index contributed by atoms with van der Waals surface area (Å²) in [4.78, 5) is 12.0. The molecule has 1 amide bonds. The molecule has 0 saturated heterocycles. The van der Waals surface area contributed by atoms with Crippen LogP contribution in [0.1, 0.15) is 85.0 Å². The van der Waals surface area contributed by atoms with Crippen LogP contribution in [0.2, 0.25) is 0 Å². The first-order valence-corrected chi connectivity index (χ1v) is 10.8. The average molecular weight is 348 g/mol. The van der Waals surface area contributed by atoms with E-state index in [0.29, 0.717) is 17.3 Å². The van der Waals surface area contributed by atoms with E-state index in [2.05, 4.69) is 13.8 Å². The summed E-state index contributed by atoms with van der Waals surface area (Å²) < 4.78 is 0. The first kappa shape index (κ1) is 17.8. The van der Waals surface area contributed by atoms with Gasteiger partial charge in [-0.15, -0.1) is 0 Å². The van der Waals surface area contributed by atoms with Crippen LogP contribution in [0.4, 0.5) is 0 Å². The van der Waals surface area contributed by atoms with Gasteiger partial charge in [-0.1, -0.05) is 13.8 Å². The molecule has 4 fully saturated rings. The van der Waals surface area contributed by atoms with Crippen LogP contribution in [0.25, 0.3) is 0 Å². The van der Waals surface area contributed by atoms with Crippen molar-refractivity contribution < 1.29 is 9.90 Å². The van der Waals surface area contributed by atoms with Crippen LogP contribution < -0.4 is 5.73 Å². The van der Waals surface area contributed by atoms with E-state index >= 15 is 0 Å². The Kier molecular flexibility index (Phi) is 4.07. The van der Waals surface area contributed by atoms with Gasteiger partial charge in [-0.25, -0.2) is 0 Å². The number of primary amides is 1. The zero-order chi connectivity index (χ0) is 18.0. The Hall–Kier alpha value is -0.570. The monoisotopic (exact) mass is 347 g/mol. The maximum absolute atomic E-state index is 12.0. The second-order valence-corrected chi connectivity index (χ2v) is 10.5. The second-order valence-electron chi connectivity index (χ2n) is 10.5. The maximum atomic E-state index is 12.0. The highest BCUT2D eigenvalue weighted by Crippen LogP contribution is 2.68. The highest BCUT2D eigenvalue weighted by molar-refractivity contribution is 5.78. The van der Waals surface area contributed by atoms with Crippen molar-refractivity contribution >= 4 is 5.91 Å². The van der Waals surface area contributed by atoms with Gasteiger partial charge in [0.25, 0.3) is 0 Å². The van der Waals surface area contributed by atoms with Gasteiger partial charge in [0.05, 0.1) is 5.60 Å². The predicted molar refractivity (Wildman–Crippen MR) is 99.7 cm³/mol. The van der Waals surface area contributed by atoms with E-state index < -0.39 is 5.60 Å². The lowest BCUT2D eigenvalue weighted by Gasteiger charge is -2.62. The highest BCUT2D eigenvalue weighted by atomic mass is 16.3. The molecule has 8 atom stereocenters. The molecule has 4 aliphatic rings. The van der Waals surface area contributed by atoms with Gasteiger partial charge in [-0.2, -0.15) is 0 Å². The molecule has 0 bridgehead atoms. The molecule has 0 aromatic carbocycles. The first-order valence-electron chi connectivity index (χ1n) is 10.8. The van der Waals surface area contributed by atoms with Gasteiger partial charge in [-0.05, 0) is 106 Å². The quantitative estimate of drug-likeness (QED) is 0.783. The number of rotatable bonds is 2. The zero-order valence-corrected chi connectivity index (χ0v) is 16.4. The smallest absolute Gasteiger partial charge is 0.221 e. The van der Waals surface area contributed by atoms with E-state index in [4.69, 9.17) is 5.73 Å². The highest BCUT2D eigenvalue weighted by Gasteiger charge is 2.62. The summed E-state index contributed by atoms with van der Waals surface area (Å²) in [6, 6.07) is 0. The van der Waals surface area contributed by atoms with Crippen molar-refractivity contribution in [3.63, 3.8) is 0 Å². The molecule has 4 aliphatic carbocycles. The third-order valence-corrected chi connectivity index (χ3v) is 9.65. The molecule has 4 saturated carbocycles. The number of carbonyl (C=O) groups is 1. The molecule has 0 spiro atoms. The molecule has 0 aromatic rings. The predicted octanol–water partition coefficient (Wildman–Crippen LogP) is 4.27. The number of carbonyl (C=O) groups excluding carboxylic acids is 1. The lowest BCUT2D eigenvalue weighted by Crippen LogP contribution is -2.56. The van der Waals surface area contributed by atoms with Gasteiger partial charge in [0.15, 0.2) is 0 Å². The summed E-state index contributed by atoms with van der Waals surface area (Å²) >= 11 is 0. The SMILES string of the molecule is CC[C@]12CC[C@@](C)(O)C[C@H]1CC[C@H]1[C@@H]3CC[C@H](C(N)=O)[C@@]3(C)CC[C@@H]12. The molecular formula is C22H37NO2. The average Bonchev–Trinajstić information content (AvgIpc) is 2.91. The van der Waals surface area contributed by atoms with Gasteiger partial charge < -0.3 is 10.8 Å².